The van der Waals surface area contributed by atoms with E-state index >= 15 is 0 Å². The molecule has 9 nitrogen and oxygen atoms in total. The number of benzene rings is 3. The zero-order valence-electron chi connectivity index (χ0n) is 16.8. The molecule has 4 rings (SSSR count). The highest BCUT2D eigenvalue weighted by Crippen LogP contribution is 2.34. The molecular formula is C22H17N5O4S. The van der Waals surface area contributed by atoms with Gasteiger partial charge in [-0.1, -0.05) is 30.3 Å². The zero-order chi connectivity index (χ0) is 22.7. The number of carbonyl (C=O) groups is 1. The number of phenolic OH excluding ortho intramolecular Hbond substituents is 1. The Hall–Kier alpha value is -4.18. The van der Waals surface area contributed by atoms with Gasteiger partial charge >= 0.3 is 0 Å². The summed E-state index contributed by atoms with van der Waals surface area (Å²) in [6, 6.07) is 15.0. The quantitative estimate of drug-likeness (QED) is 0.261. The van der Waals surface area contributed by atoms with E-state index in [1.165, 1.54) is 30.1 Å². The van der Waals surface area contributed by atoms with Gasteiger partial charge in [0.2, 0.25) is 0 Å². The SMILES string of the molecule is Cn1ccnc1Sc1ccc(/C=N/NC(=O)c2cc3ccccc3cc2O)cc1[N+](=O)[O-]. The van der Waals surface area contributed by atoms with Crippen molar-refractivity contribution in [2.24, 2.45) is 12.1 Å². The first-order valence-electron chi connectivity index (χ1n) is 9.41. The van der Waals surface area contributed by atoms with Crippen LogP contribution in [0.4, 0.5) is 5.69 Å². The molecule has 0 aliphatic carbocycles. The predicted molar refractivity (Wildman–Crippen MR) is 121 cm³/mol. The van der Waals surface area contributed by atoms with Gasteiger partial charge in [0.25, 0.3) is 11.6 Å². The number of nitro groups is 1. The summed E-state index contributed by atoms with van der Waals surface area (Å²) < 4.78 is 1.77. The molecule has 0 bridgehead atoms. The topological polar surface area (TPSA) is 123 Å². The molecule has 2 N–H and O–H groups in total. The molecule has 0 spiro atoms. The monoisotopic (exact) mass is 447 g/mol. The Labute approximate surface area is 186 Å². The maximum atomic E-state index is 12.4. The number of fused-ring (bicyclic) bond motifs is 1. The number of nitrogens with zero attached hydrogens (tertiary/aromatic N) is 4. The van der Waals surface area contributed by atoms with Crippen molar-refractivity contribution in [3.05, 3.63) is 88.2 Å². The first-order valence-corrected chi connectivity index (χ1v) is 10.2. The van der Waals surface area contributed by atoms with Gasteiger partial charge in [0.05, 0.1) is 21.6 Å². The van der Waals surface area contributed by atoms with Gasteiger partial charge in [-0.2, -0.15) is 5.10 Å². The van der Waals surface area contributed by atoms with E-state index < -0.39 is 10.8 Å². The lowest BCUT2D eigenvalue weighted by Crippen LogP contribution is -2.17. The second-order valence-electron chi connectivity index (χ2n) is 6.82. The van der Waals surface area contributed by atoms with E-state index in [2.05, 4.69) is 15.5 Å². The number of hydrazone groups is 1. The third-order valence-corrected chi connectivity index (χ3v) is 5.79. The third-order valence-electron chi connectivity index (χ3n) is 4.65. The molecule has 1 aromatic heterocycles. The normalized spacial score (nSPS) is 11.2. The van der Waals surface area contributed by atoms with Crippen molar-refractivity contribution in [2.45, 2.75) is 10.1 Å². The fourth-order valence-electron chi connectivity index (χ4n) is 3.03. The van der Waals surface area contributed by atoms with Crippen molar-refractivity contribution in [1.29, 1.82) is 0 Å². The van der Waals surface area contributed by atoms with Crippen LogP contribution in [0.1, 0.15) is 15.9 Å². The summed E-state index contributed by atoms with van der Waals surface area (Å²) in [6.45, 7) is 0. The Kier molecular flexibility index (Phi) is 5.86. The van der Waals surface area contributed by atoms with Gasteiger partial charge in [-0.25, -0.2) is 10.4 Å². The summed E-state index contributed by atoms with van der Waals surface area (Å²) in [5, 5.41) is 27.8. The molecule has 0 saturated heterocycles. The number of aromatic nitrogens is 2. The van der Waals surface area contributed by atoms with Crippen molar-refractivity contribution < 1.29 is 14.8 Å². The third kappa shape index (κ3) is 4.44. The molecule has 0 atom stereocenters. The first kappa shape index (κ1) is 21.1. The van der Waals surface area contributed by atoms with Crippen LogP contribution in [0.3, 0.4) is 0 Å². The molecule has 1 amide bonds. The zero-order valence-corrected chi connectivity index (χ0v) is 17.6. The minimum absolute atomic E-state index is 0.0775. The molecule has 32 heavy (non-hydrogen) atoms. The van der Waals surface area contributed by atoms with E-state index in [1.807, 2.05) is 24.3 Å². The Bertz CT molecular complexity index is 1370. The van der Waals surface area contributed by atoms with Crippen molar-refractivity contribution in [1.82, 2.24) is 15.0 Å². The standard InChI is InChI=1S/C22H17N5O4S/c1-26-9-8-23-22(26)32-20-7-6-14(10-18(20)27(30)31)13-24-25-21(29)17-11-15-4-2-3-5-16(15)12-19(17)28/h2-13,28H,1H3,(H,25,29)/b24-13+. The molecule has 4 aromatic rings. The molecule has 1 heterocycles. The fraction of sp³-hybridized carbons (Fsp3) is 0.0455. The van der Waals surface area contributed by atoms with Crippen LogP contribution in [-0.2, 0) is 7.05 Å². The molecular weight excluding hydrogens is 430 g/mol. The van der Waals surface area contributed by atoms with Gasteiger partial charge in [-0.3, -0.25) is 14.9 Å². The number of aromatic hydroxyl groups is 1. The van der Waals surface area contributed by atoms with Crippen LogP contribution in [0, 0.1) is 10.1 Å². The molecule has 0 aliphatic rings. The van der Waals surface area contributed by atoms with Crippen molar-refractivity contribution in [3.8, 4) is 5.75 Å². The molecule has 0 unspecified atom stereocenters. The highest BCUT2D eigenvalue weighted by molar-refractivity contribution is 7.99. The average Bonchev–Trinajstić information content (AvgIpc) is 3.18. The smallest absolute Gasteiger partial charge is 0.283 e. The molecule has 0 saturated carbocycles. The highest BCUT2D eigenvalue weighted by atomic mass is 32.2. The Balaban J connectivity index is 1.51. The molecule has 0 fully saturated rings. The number of nitrogens with one attached hydrogen (secondary N) is 1. The van der Waals surface area contributed by atoms with E-state index in [1.54, 1.807) is 42.2 Å². The fourth-order valence-corrected chi connectivity index (χ4v) is 3.92. The van der Waals surface area contributed by atoms with Gasteiger partial charge in [-0.05, 0) is 40.7 Å². The molecule has 10 heteroatoms. The van der Waals surface area contributed by atoms with E-state index in [-0.39, 0.29) is 17.0 Å². The summed E-state index contributed by atoms with van der Waals surface area (Å²) in [5.74, 6) is -0.760. The Morgan fingerprint density at radius 3 is 2.66 bits per heavy atom. The van der Waals surface area contributed by atoms with E-state index in [4.69, 9.17) is 0 Å². The number of nitro benzene ring substituents is 1. The summed E-state index contributed by atoms with van der Waals surface area (Å²) in [7, 11) is 1.80. The number of aryl methyl sites for hydroxylation is 1. The molecule has 3 aromatic carbocycles. The van der Waals surface area contributed by atoms with Crippen LogP contribution in [0.2, 0.25) is 0 Å². The minimum Gasteiger partial charge on any atom is -0.507 e. The highest BCUT2D eigenvalue weighted by Gasteiger charge is 2.17. The maximum Gasteiger partial charge on any atom is 0.283 e. The largest absolute Gasteiger partial charge is 0.507 e. The van der Waals surface area contributed by atoms with Crippen molar-refractivity contribution >= 4 is 40.3 Å². The van der Waals surface area contributed by atoms with E-state index in [0.29, 0.717) is 15.6 Å². The number of amides is 1. The van der Waals surface area contributed by atoms with E-state index in [0.717, 1.165) is 10.8 Å². The molecule has 0 aliphatic heterocycles. The van der Waals surface area contributed by atoms with Crippen LogP contribution in [-0.4, -0.2) is 31.7 Å². The summed E-state index contributed by atoms with van der Waals surface area (Å²) >= 11 is 1.18. The summed E-state index contributed by atoms with van der Waals surface area (Å²) in [5.41, 5.74) is 2.76. The van der Waals surface area contributed by atoms with Gasteiger partial charge in [0, 0.05) is 31.1 Å². The van der Waals surface area contributed by atoms with Crippen LogP contribution >= 0.6 is 11.8 Å². The lowest BCUT2D eigenvalue weighted by molar-refractivity contribution is -0.387. The number of imidazole rings is 1. The van der Waals surface area contributed by atoms with Gasteiger partial charge < -0.3 is 9.67 Å². The first-order chi connectivity index (χ1) is 15.4. The predicted octanol–water partition coefficient (Wildman–Crippen LogP) is 4.10. The number of phenols is 1. The second-order valence-corrected chi connectivity index (χ2v) is 7.83. The van der Waals surface area contributed by atoms with Crippen LogP contribution in [0.15, 0.2) is 82.1 Å². The van der Waals surface area contributed by atoms with E-state index in [9.17, 15) is 20.0 Å². The van der Waals surface area contributed by atoms with Crippen molar-refractivity contribution in [3.63, 3.8) is 0 Å². The Morgan fingerprint density at radius 2 is 1.97 bits per heavy atom. The van der Waals surface area contributed by atoms with Gasteiger partial charge in [-0.15, -0.1) is 0 Å². The second kappa shape index (κ2) is 8.90. The molecule has 0 radical (unpaired) electrons. The van der Waals surface area contributed by atoms with Crippen LogP contribution < -0.4 is 5.43 Å². The number of rotatable bonds is 6. The summed E-state index contributed by atoms with van der Waals surface area (Å²) in [6.07, 6.45) is 4.68. The minimum atomic E-state index is -0.596. The molecule has 160 valence electrons. The maximum absolute atomic E-state index is 12.4. The van der Waals surface area contributed by atoms with Crippen molar-refractivity contribution in [2.75, 3.05) is 0 Å². The number of hydrogen-bond acceptors (Lipinski definition) is 7. The Morgan fingerprint density at radius 1 is 1.22 bits per heavy atom. The van der Waals surface area contributed by atoms with Crippen LogP contribution in [0.5, 0.6) is 5.75 Å². The van der Waals surface area contributed by atoms with Gasteiger partial charge in [0.1, 0.15) is 5.75 Å². The number of hydrogen-bond donors (Lipinski definition) is 2. The average molecular weight is 447 g/mol. The lowest BCUT2D eigenvalue weighted by Gasteiger charge is -2.06. The number of carbonyl (C=O) groups excluding carboxylic acids is 1. The van der Waals surface area contributed by atoms with Gasteiger partial charge in [0.15, 0.2) is 5.16 Å². The lowest BCUT2D eigenvalue weighted by atomic mass is 10.1. The summed E-state index contributed by atoms with van der Waals surface area (Å²) in [4.78, 5) is 28.1. The van der Waals surface area contributed by atoms with Crippen LogP contribution in [0.25, 0.3) is 10.8 Å².